The van der Waals surface area contributed by atoms with Crippen molar-refractivity contribution in [3.8, 4) is 55.6 Å². The lowest BCUT2D eigenvalue weighted by Gasteiger charge is -2.28. The van der Waals surface area contributed by atoms with E-state index < -0.39 is 0 Å². The molecule has 10 rings (SSSR count). The van der Waals surface area contributed by atoms with Gasteiger partial charge in [-0.05, 0) is 102 Å². The summed E-state index contributed by atoms with van der Waals surface area (Å²) in [6.07, 6.45) is 0. The smallest absolute Gasteiger partial charge is 0.0540 e. The van der Waals surface area contributed by atoms with E-state index in [1.54, 1.807) is 0 Å². The molecule has 0 fully saturated rings. The van der Waals surface area contributed by atoms with Gasteiger partial charge in [0, 0.05) is 16.9 Å². The van der Waals surface area contributed by atoms with Crippen molar-refractivity contribution in [2.45, 2.75) is 0 Å². The molecule has 10 aromatic carbocycles. The molecule has 0 bridgehead atoms. The van der Waals surface area contributed by atoms with Crippen LogP contribution in [0.4, 0.5) is 17.1 Å². The summed E-state index contributed by atoms with van der Waals surface area (Å²) in [7, 11) is 0. The molecule has 0 spiro atoms. The molecular formula is C56H39N. The minimum absolute atomic E-state index is 1.09. The number of benzene rings is 10. The zero-order valence-electron chi connectivity index (χ0n) is 31.5. The Morgan fingerprint density at radius 2 is 0.667 bits per heavy atom. The summed E-state index contributed by atoms with van der Waals surface area (Å²) < 4.78 is 0. The molecule has 268 valence electrons. The summed E-state index contributed by atoms with van der Waals surface area (Å²) in [5.41, 5.74) is 15.4. The normalized spacial score (nSPS) is 11.2. The van der Waals surface area contributed by atoms with Crippen molar-refractivity contribution in [2.75, 3.05) is 4.90 Å². The zero-order valence-corrected chi connectivity index (χ0v) is 31.5. The second kappa shape index (κ2) is 15.0. The Labute approximate surface area is 334 Å². The van der Waals surface area contributed by atoms with Crippen LogP contribution in [0, 0.1) is 0 Å². The van der Waals surface area contributed by atoms with Crippen LogP contribution in [-0.2, 0) is 0 Å². The average molecular weight is 726 g/mol. The van der Waals surface area contributed by atoms with Gasteiger partial charge < -0.3 is 4.90 Å². The number of fused-ring (bicyclic) bond motifs is 2. The lowest BCUT2D eigenvalue weighted by molar-refractivity contribution is 1.28. The molecule has 57 heavy (non-hydrogen) atoms. The van der Waals surface area contributed by atoms with Gasteiger partial charge in [-0.15, -0.1) is 0 Å². The number of para-hydroxylation sites is 1. The molecule has 0 aliphatic rings. The van der Waals surface area contributed by atoms with Gasteiger partial charge in [-0.1, -0.05) is 206 Å². The first-order chi connectivity index (χ1) is 28.3. The maximum absolute atomic E-state index is 2.40. The van der Waals surface area contributed by atoms with Crippen molar-refractivity contribution >= 4 is 38.6 Å². The van der Waals surface area contributed by atoms with Crippen molar-refractivity contribution in [3.63, 3.8) is 0 Å². The monoisotopic (exact) mass is 725 g/mol. The van der Waals surface area contributed by atoms with E-state index in [9.17, 15) is 0 Å². The number of hydrogen-bond donors (Lipinski definition) is 0. The Kier molecular flexibility index (Phi) is 8.95. The van der Waals surface area contributed by atoms with Crippen molar-refractivity contribution in [3.05, 3.63) is 237 Å². The molecule has 10 aromatic rings. The van der Waals surface area contributed by atoms with Gasteiger partial charge in [0.15, 0.2) is 0 Å². The quantitative estimate of drug-likeness (QED) is 0.151. The van der Waals surface area contributed by atoms with Gasteiger partial charge >= 0.3 is 0 Å². The third-order valence-corrected chi connectivity index (χ3v) is 11.1. The van der Waals surface area contributed by atoms with Crippen molar-refractivity contribution in [1.82, 2.24) is 0 Å². The van der Waals surface area contributed by atoms with Crippen LogP contribution in [-0.4, -0.2) is 0 Å². The molecule has 0 atom stereocenters. The van der Waals surface area contributed by atoms with Gasteiger partial charge in [0.05, 0.1) is 5.69 Å². The lowest BCUT2D eigenvalue weighted by atomic mass is 9.89. The Hall–Kier alpha value is -7.48. The molecule has 0 N–H and O–H groups in total. The van der Waals surface area contributed by atoms with Gasteiger partial charge in [-0.25, -0.2) is 0 Å². The predicted molar refractivity (Wildman–Crippen MR) is 243 cm³/mol. The molecular weight excluding hydrogens is 687 g/mol. The third kappa shape index (κ3) is 6.56. The van der Waals surface area contributed by atoms with Crippen molar-refractivity contribution in [2.24, 2.45) is 0 Å². The summed E-state index contributed by atoms with van der Waals surface area (Å²) >= 11 is 0. The second-order valence-corrected chi connectivity index (χ2v) is 14.5. The van der Waals surface area contributed by atoms with Crippen LogP contribution in [0.25, 0.3) is 77.2 Å². The van der Waals surface area contributed by atoms with Crippen LogP contribution in [0.2, 0.25) is 0 Å². The van der Waals surface area contributed by atoms with Crippen molar-refractivity contribution < 1.29 is 0 Å². The van der Waals surface area contributed by atoms with E-state index in [4.69, 9.17) is 0 Å². The van der Waals surface area contributed by atoms with Crippen LogP contribution in [0.15, 0.2) is 237 Å². The predicted octanol–water partition coefficient (Wildman–Crippen LogP) is 15.8. The van der Waals surface area contributed by atoms with E-state index in [1.807, 2.05) is 0 Å². The van der Waals surface area contributed by atoms with Crippen LogP contribution in [0.3, 0.4) is 0 Å². The van der Waals surface area contributed by atoms with Gasteiger partial charge in [0.2, 0.25) is 0 Å². The fourth-order valence-corrected chi connectivity index (χ4v) is 8.30. The molecule has 0 radical (unpaired) electrons. The first-order valence-electron chi connectivity index (χ1n) is 19.6. The van der Waals surface area contributed by atoms with Gasteiger partial charge in [-0.3, -0.25) is 0 Å². The molecule has 1 heteroatoms. The van der Waals surface area contributed by atoms with Crippen LogP contribution < -0.4 is 4.90 Å². The highest BCUT2D eigenvalue weighted by atomic mass is 15.1. The molecule has 0 saturated carbocycles. The fraction of sp³-hybridized carbons (Fsp3) is 0. The largest absolute Gasteiger partial charge is 0.310 e. The molecule has 1 nitrogen and oxygen atoms in total. The zero-order chi connectivity index (χ0) is 38.0. The van der Waals surface area contributed by atoms with E-state index in [2.05, 4.69) is 241 Å². The molecule has 0 heterocycles. The first kappa shape index (κ1) is 34.0. The first-order valence-corrected chi connectivity index (χ1v) is 19.6. The number of rotatable bonds is 8. The number of anilines is 3. The summed E-state index contributed by atoms with van der Waals surface area (Å²) in [4.78, 5) is 2.40. The molecule has 0 amide bonds. The standard InChI is InChI=1S/C56H39N/c1-3-14-40(15-4-1)41-26-28-46(29-27-41)52-22-11-12-25-55(52)57(48-35-30-45(31-36-48)51-24-13-20-42-18-7-9-21-50(42)51)49-37-32-47(33-38-49)56-53-23-10-8-19-44(53)34-39-54(56)43-16-5-2-6-17-43/h1-39H. The lowest BCUT2D eigenvalue weighted by Crippen LogP contribution is -2.11. The number of hydrogen-bond acceptors (Lipinski definition) is 1. The maximum Gasteiger partial charge on any atom is 0.0540 e. The van der Waals surface area contributed by atoms with Gasteiger partial charge in [-0.2, -0.15) is 0 Å². The van der Waals surface area contributed by atoms with E-state index >= 15 is 0 Å². The molecule has 0 aliphatic heterocycles. The summed E-state index contributed by atoms with van der Waals surface area (Å²) in [6.45, 7) is 0. The topological polar surface area (TPSA) is 3.24 Å². The second-order valence-electron chi connectivity index (χ2n) is 14.5. The fourth-order valence-electron chi connectivity index (χ4n) is 8.30. The van der Waals surface area contributed by atoms with E-state index in [1.165, 1.54) is 77.2 Å². The number of nitrogens with zero attached hydrogens (tertiary/aromatic N) is 1. The minimum atomic E-state index is 1.09. The van der Waals surface area contributed by atoms with Crippen LogP contribution in [0.1, 0.15) is 0 Å². The molecule has 0 unspecified atom stereocenters. The van der Waals surface area contributed by atoms with Crippen molar-refractivity contribution in [1.29, 1.82) is 0 Å². The van der Waals surface area contributed by atoms with Crippen LogP contribution >= 0.6 is 0 Å². The molecule has 0 aliphatic carbocycles. The summed E-state index contributed by atoms with van der Waals surface area (Å²) in [5, 5.41) is 4.98. The minimum Gasteiger partial charge on any atom is -0.310 e. The van der Waals surface area contributed by atoms with E-state index in [0.29, 0.717) is 0 Å². The third-order valence-electron chi connectivity index (χ3n) is 11.1. The highest BCUT2D eigenvalue weighted by molar-refractivity contribution is 6.04. The Morgan fingerprint density at radius 1 is 0.228 bits per heavy atom. The Balaban J connectivity index is 1.11. The SMILES string of the molecule is c1ccc(-c2ccc(-c3ccccc3N(c3ccc(-c4cccc5ccccc45)cc3)c3ccc(-c4c(-c5ccccc5)ccc5ccccc45)cc3)cc2)cc1. The Bertz CT molecular complexity index is 2960. The summed E-state index contributed by atoms with van der Waals surface area (Å²) in [6, 6.07) is 85.6. The highest BCUT2D eigenvalue weighted by Gasteiger charge is 2.19. The highest BCUT2D eigenvalue weighted by Crippen LogP contribution is 2.44. The average Bonchev–Trinajstić information content (AvgIpc) is 3.30. The van der Waals surface area contributed by atoms with Gasteiger partial charge in [0.25, 0.3) is 0 Å². The molecule has 0 saturated heterocycles. The van der Waals surface area contributed by atoms with E-state index in [-0.39, 0.29) is 0 Å². The summed E-state index contributed by atoms with van der Waals surface area (Å²) in [5.74, 6) is 0. The van der Waals surface area contributed by atoms with Crippen LogP contribution in [0.5, 0.6) is 0 Å². The van der Waals surface area contributed by atoms with E-state index in [0.717, 1.165) is 17.1 Å². The maximum atomic E-state index is 2.40. The van der Waals surface area contributed by atoms with Gasteiger partial charge in [0.1, 0.15) is 0 Å². The Morgan fingerprint density at radius 3 is 1.37 bits per heavy atom. The molecule has 0 aromatic heterocycles.